The zero-order valence-electron chi connectivity index (χ0n) is 11.1. The summed E-state index contributed by atoms with van der Waals surface area (Å²) in [6, 6.07) is 5.08. The zero-order valence-corrected chi connectivity index (χ0v) is 11.1. The van der Waals surface area contributed by atoms with E-state index in [1.54, 1.807) is 45.3 Å². The van der Waals surface area contributed by atoms with Gasteiger partial charge in [0.05, 0.1) is 5.69 Å². The lowest BCUT2D eigenvalue weighted by atomic mass is 10.1. The Labute approximate surface area is 111 Å². The molecule has 0 fully saturated rings. The van der Waals surface area contributed by atoms with Gasteiger partial charge in [-0.3, -0.25) is 10.3 Å². The largest absolute Gasteiger partial charge is 0.506 e. The van der Waals surface area contributed by atoms with Gasteiger partial charge in [-0.05, 0) is 38.3 Å². The number of aromatic nitrogens is 1. The van der Waals surface area contributed by atoms with Crippen LogP contribution in [0.25, 0.3) is 10.8 Å². The number of phenolic OH excluding ortho intramolecular Hbond substituents is 1. The van der Waals surface area contributed by atoms with Gasteiger partial charge in [-0.25, -0.2) is 4.79 Å². The molecule has 2 N–H and O–H groups in total. The van der Waals surface area contributed by atoms with Gasteiger partial charge in [0.15, 0.2) is 0 Å². The van der Waals surface area contributed by atoms with E-state index in [2.05, 4.69) is 10.3 Å². The highest BCUT2D eigenvalue weighted by molar-refractivity contribution is 6.02. The van der Waals surface area contributed by atoms with E-state index in [0.717, 1.165) is 5.39 Å². The molecule has 1 heterocycles. The topological polar surface area (TPSA) is 71.5 Å². The number of carbonyl (C=O) groups is 1. The summed E-state index contributed by atoms with van der Waals surface area (Å²) in [5.41, 5.74) is -0.289. The summed E-state index contributed by atoms with van der Waals surface area (Å²) in [6.07, 6.45) is 2.62. The zero-order chi connectivity index (χ0) is 14.0. The van der Waals surface area contributed by atoms with Crippen molar-refractivity contribution in [3.05, 3.63) is 30.6 Å². The first-order valence-electron chi connectivity index (χ1n) is 5.92. The number of pyridine rings is 1. The molecule has 0 radical (unpaired) electrons. The number of amides is 1. The molecule has 2 aromatic rings. The maximum Gasteiger partial charge on any atom is 0.412 e. The number of ether oxygens (including phenoxy) is 1. The van der Waals surface area contributed by atoms with E-state index in [-0.39, 0.29) is 5.75 Å². The average molecular weight is 260 g/mol. The third-order valence-electron chi connectivity index (χ3n) is 2.43. The molecule has 5 nitrogen and oxygen atoms in total. The van der Waals surface area contributed by atoms with Crippen LogP contribution in [0.3, 0.4) is 0 Å². The van der Waals surface area contributed by atoms with Gasteiger partial charge in [0.1, 0.15) is 11.4 Å². The van der Waals surface area contributed by atoms with Crippen LogP contribution in [0.2, 0.25) is 0 Å². The molecule has 0 atom stereocenters. The third kappa shape index (κ3) is 3.13. The Morgan fingerprint density at radius 1 is 1.32 bits per heavy atom. The van der Waals surface area contributed by atoms with E-state index >= 15 is 0 Å². The number of benzene rings is 1. The molecule has 0 aliphatic rings. The molecule has 2 rings (SSSR count). The Bertz CT molecular complexity index is 618. The molecular weight excluding hydrogens is 244 g/mol. The molecule has 0 bridgehead atoms. The van der Waals surface area contributed by atoms with Crippen molar-refractivity contribution < 1.29 is 14.6 Å². The maximum atomic E-state index is 11.8. The standard InChI is InChI=1S/C14H16N2O3/c1-14(2,3)19-13(18)16-12-10-8-15-7-6-9(10)4-5-11(12)17/h4-8,17H,1-3H3,(H,16,18). The number of hydrogen-bond acceptors (Lipinski definition) is 4. The number of anilines is 1. The van der Waals surface area contributed by atoms with Crippen molar-refractivity contribution in [2.75, 3.05) is 5.32 Å². The SMILES string of the molecule is CC(C)(C)OC(=O)Nc1c(O)ccc2ccncc12. The second-order valence-corrected chi connectivity index (χ2v) is 5.18. The van der Waals surface area contributed by atoms with E-state index in [9.17, 15) is 9.90 Å². The van der Waals surface area contributed by atoms with Gasteiger partial charge >= 0.3 is 6.09 Å². The van der Waals surface area contributed by atoms with Crippen molar-refractivity contribution >= 4 is 22.6 Å². The minimum Gasteiger partial charge on any atom is -0.506 e. The number of phenols is 1. The van der Waals surface area contributed by atoms with Crippen LogP contribution in [-0.2, 0) is 4.74 Å². The van der Waals surface area contributed by atoms with Crippen molar-refractivity contribution in [3.63, 3.8) is 0 Å². The van der Waals surface area contributed by atoms with E-state index in [0.29, 0.717) is 11.1 Å². The van der Waals surface area contributed by atoms with Crippen molar-refractivity contribution in [1.82, 2.24) is 4.98 Å². The molecule has 0 aliphatic heterocycles. The van der Waals surface area contributed by atoms with E-state index < -0.39 is 11.7 Å². The van der Waals surface area contributed by atoms with Gasteiger partial charge in [0.2, 0.25) is 0 Å². The maximum absolute atomic E-state index is 11.8. The highest BCUT2D eigenvalue weighted by Crippen LogP contribution is 2.32. The number of nitrogens with zero attached hydrogens (tertiary/aromatic N) is 1. The molecule has 0 unspecified atom stereocenters. The molecule has 0 aliphatic carbocycles. The van der Waals surface area contributed by atoms with Gasteiger partial charge in [0, 0.05) is 17.8 Å². The summed E-state index contributed by atoms with van der Waals surface area (Å²) >= 11 is 0. The first-order chi connectivity index (χ1) is 8.87. The lowest BCUT2D eigenvalue weighted by Crippen LogP contribution is -2.27. The highest BCUT2D eigenvalue weighted by atomic mass is 16.6. The van der Waals surface area contributed by atoms with E-state index in [4.69, 9.17) is 4.74 Å². The van der Waals surface area contributed by atoms with Gasteiger partial charge in [0.25, 0.3) is 0 Å². The Kier molecular flexibility index (Phi) is 3.29. The second kappa shape index (κ2) is 4.76. The fraction of sp³-hybridized carbons (Fsp3) is 0.286. The molecule has 5 heteroatoms. The van der Waals surface area contributed by atoms with Crippen molar-refractivity contribution in [2.24, 2.45) is 0 Å². The Balaban J connectivity index is 2.34. The van der Waals surface area contributed by atoms with Crippen molar-refractivity contribution in [1.29, 1.82) is 0 Å². The quantitative estimate of drug-likeness (QED) is 0.772. The molecule has 100 valence electrons. The van der Waals surface area contributed by atoms with Crippen LogP contribution in [0.1, 0.15) is 20.8 Å². The molecule has 1 aromatic carbocycles. The van der Waals surface area contributed by atoms with E-state index in [1.807, 2.05) is 0 Å². The molecule has 1 amide bonds. The number of nitrogens with one attached hydrogen (secondary N) is 1. The summed E-state index contributed by atoms with van der Waals surface area (Å²) in [6.45, 7) is 5.32. The van der Waals surface area contributed by atoms with Crippen molar-refractivity contribution in [2.45, 2.75) is 26.4 Å². The average Bonchev–Trinajstić information content (AvgIpc) is 2.31. The van der Waals surface area contributed by atoms with Gasteiger partial charge in [-0.1, -0.05) is 6.07 Å². The fourth-order valence-corrected chi connectivity index (χ4v) is 1.69. The molecule has 19 heavy (non-hydrogen) atoms. The smallest absolute Gasteiger partial charge is 0.412 e. The minimum absolute atomic E-state index is 0.0219. The number of aromatic hydroxyl groups is 1. The van der Waals surface area contributed by atoms with Crippen LogP contribution in [0.5, 0.6) is 5.75 Å². The van der Waals surface area contributed by atoms with Crippen LogP contribution in [0, 0.1) is 0 Å². The number of carbonyl (C=O) groups excluding carboxylic acids is 1. The molecular formula is C14H16N2O3. The van der Waals surface area contributed by atoms with Crippen LogP contribution >= 0.6 is 0 Å². The number of rotatable bonds is 1. The number of fused-ring (bicyclic) bond motifs is 1. The summed E-state index contributed by atoms with van der Waals surface area (Å²) in [5.74, 6) is -0.0219. The van der Waals surface area contributed by atoms with Crippen LogP contribution in [0.15, 0.2) is 30.6 Å². The van der Waals surface area contributed by atoms with Gasteiger partial charge in [-0.2, -0.15) is 0 Å². The summed E-state index contributed by atoms with van der Waals surface area (Å²) in [5, 5.41) is 14.0. The fourth-order valence-electron chi connectivity index (χ4n) is 1.69. The van der Waals surface area contributed by atoms with Crippen molar-refractivity contribution in [3.8, 4) is 5.75 Å². The van der Waals surface area contributed by atoms with Gasteiger partial charge < -0.3 is 9.84 Å². The first kappa shape index (κ1) is 13.1. The lowest BCUT2D eigenvalue weighted by molar-refractivity contribution is 0.0635. The van der Waals surface area contributed by atoms with Crippen LogP contribution < -0.4 is 5.32 Å². The highest BCUT2D eigenvalue weighted by Gasteiger charge is 2.18. The Hall–Kier alpha value is -2.30. The minimum atomic E-state index is -0.612. The second-order valence-electron chi connectivity index (χ2n) is 5.18. The summed E-state index contributed by atoms with van der Waals surface area (Å²) in [4.78, 5) is 15.8. The Morgan fingerprint density at radius 3 is 2.74 bits per heavy atom. The normalized spacial score (nSPS) is 11.3. The Morgan fingerprint density at radius 2 is 2.05 bits per heavy atom. The predicted octanol–water partition coefficient (Wildman–Crippen LogP) is 3.29. The summed E-state index contributed by atoms with van der Waals surface area (Å²) in [7, 11) is 0. The number of hydrogen-bond donors (Lipinski definition) is 2. The molecule has 0 saturated heterocycles. The monoisotopic (exact) mass is 260 g/mol. The van der Waals surface area contributed by atoms with Crippen LogP contribution in [-0.4, -0.2) is 21.8 Å². The molecule has 1 aromatic heterocycles. The van der Waals surface area contributed by atoms with Gasteiger partial charge in [-0.15, -0.1) is 0 Å². The third-order valence-corrected chi connectivity index (χ3v) is 2.43. The lowest BCUT2D eigenvalue weighted by Gasteiger charge is -2.20. The van der Waals surface area contributed by atoms with Crippen LogP contribution in [0.4, 0.5) is 10.5 Å². The van der Waals surface area contributed by atoms with E-state index in [1.165, 1.54) is 6.07 Å². The first-order valence-corrected chi connectivity index (χ1v) is 5.92. The molecule has 0 saturated carbocycles. The summed E-state index contributed by atoms with van der Waals surface area (Å²) < 4.78 is 5.16. The molecule has 0 spiro atoms. The predicted molar refractivity (Wildman–Crippen MR) is 73.3 cm³/mol.